The van der Waals surface area contributed by atoms with Gasteiger partial charge in [-0.15, -0.1) is 0 Å². The van der Waals surface area contributed by atoms with Crippen molar-refractivity contribution in [3.05, 3.63) is 40.2 Å². The molecule has 1 saturated carbocycles. The van der Waals surface area contributed by atoms with Crippen LogP contribution in [0.2, 0.25) is 0 Å². The summed E-state index contributed by atoms with van der Waals surface area (Å²) in [7, 11) is 0. The van der Waals surface area contributed by atoms with Gasteiger partial charge in [-0.1, -0.05) is 12.8 Å². The van der Waals surface area contributed by atoms with Gasteiger partial charge in [0.15, 0.2) is 0 Å². The Morgan fingerprint density at radius 1 is 1.16 bits per heavy atom. The molecule has 4 rings (SSSR count). The zero-order valence-electron chi connectivity index (χ0n) is 17.7. The van der Waals surface area contributed by atoms with E-state index in [1.54, 1.807) is 30.0 Å². The molecule has 1 aliphatic carbocycles. The van der Waals surface area contributed by atoms with Crippen LogP contribution in [-0.2, 0) is 14.4 Å². The van der Waals surface area contributed by atoms with Gasteiger partial charge in [0.1, 0.15) is 11.6 Å². The van der Waals surface area contributed by atoms with Gasteiger partial charge in [0.05, 0.1) is 11.8 Å². The van der Waals surface area contributed by atoms with E-state index in [0.29, 0.717) is 36.3 Å². The number of carbonyl (C=O) groups excluding carboxylic acids is 3. The molecule has 1 aromatic carbocycles. The minimum absolute atomic E-state index is 0.212. The number of fused-ring (bicyclic) bond motifs is 2. The summed E-state index contributed by atoms with van der Waals surface area (Å²) in [4.78, 5) is 52.2. The number of likely N-dealkylation sites (tertiary alicyclic amines) is 1. The molecule has 3 unspecified atom stereocenters. The highest BCUT2D eigenvalue weighted by molar-refractivity contribution is 7.98. The Labute approximate surface area is 184 Å². The van der Waals surface area contributed by atoms with Crippen molar-refractivity contribution in [1.82, 2.24) is 4.90 Å². The maximum atomic E-state index is 13.2. The topological polar surface area (TPSA) is 96.7 Å². The van der Waals surface area contributed by atoms with Crippen molar-refractivity contribution in [2.24, 2.45) is 11.8 Å². The molecule has 2 aromatic rings. The molecule has 164 valence electrons. The van der Waals surface area contributed by atoms with Gasteiger partial charge in [0.2, 0.25) is 17.7 Å². The molecule has 31 heavy (non-hydrogen) atoms. The summed E-state index contributed by atoms with van der Waals surface area (Å²) in [5, 5.41) is 3.61. The maximum Gasteiger partial charge on any atom is 0.336 e. The number of amides is 3. The molecule has 3 amide bonds. The molecule has 0 radical (unpaired) electrons. The third-order valence-corrected chi connectivity index (χ3v) is 6.95. The van der Waals surface area contributed by atoms with Crippen molar-refractivity contribution in [2.45, 2.75) is 45.1 Å². The highest BCUT2D eigenvalue weighted by Gasteiger charge is 2.51. The molecule has 2 fully saturated rings. The largest absolute Gasteiger partial charge is 0.423 e. The minimum atomic E-state index is -0.849. The van der Waals surface area contributed by atoms with Crippen LogP contribution in [0, 0.1) is 18.8 Å². The molecular formula is C23H26N2O5S. The average Bonchev–Trinajstić information content (AvgIpc) is 2.99. The molecule has 0 spiro atoms. The third-order valence-electron chi connectivity index (χ3n) is 6.30. The van der Waals surface area contributed by atoms with Crippen molar-refractivity contribution in [3.8, 4) is 0 Å². The van der Waals surface area contributed by atoms with Crippen LogP contribution < -0.4 is 10.9 Å². The van der Waals surface area contributed by atoms with Crippen LogP contribution in [0.25, 0.3) is 11.0 Å². The first-order chi connectivity index (χ1) is 14.9. The van der Waals surface area contributed by atoms with E-state index in [0.717, 1.165) is 23.8 Å². The van der Waals surface area contributed by atoms with E-state index in [2.05, 4.69) is 5.32 Å². The van der Waals surface area contributed by atoms with Gasteiger partial charge in [0, 0.05) is 23.2 Å². The molecule has 1 N–H and O–H groups in total. The van der Waals surface area contributed by atoms with Crippen LogP contribution in [0.1, 0.15) is 37.7 Å². The van der Waals surface area contributed by atoms with Crippen LogP contribution in [0.5, 0.6) is 0 Å². The second kappa shape index (κ2) is 8.86. The van der Waals surface area contributed by atoms with Crippen molar-refractivity contribution in [2.75, 3.05) is 17.3 Å². The number of carbonyl (C=O) groups is 3. The number of nitrogens with zero attached hydrogens (tertiary/aromatic N) is 1. The second-order valence-electron chi connectivity index (χ2n) is 8.29. The first kappa shape index (κ1) is 21.6. The third kappa shape index (κ3) is 4.13. The lowest BCUT2D eigenvalue weighted by atomic mass is 9.81. The van der Waals surface area contributed by atoms with E-state index in [1.165, 1.54) is 11.0 Å². The van der Waals surface area contributed by atoms with Gasteiger partial charge >= 0.3 is 5.63 Å². The van der Waals surface area contributed by atoms with Crippen LogP contribution in [-0.4, -0.2) is 40.7 Å². The number of aryl methyl sites for hydroxylation is 1. The molecule has 2 aliphatic rings. The Balaban J connectivity index is 1.60. The summed E-state index contributed by atoms with van der Waals surface area (Å²) >= 11 is 1.57. The number of hydrogen-bond acceptors (Lipinski definition) is 6. The van der Waals surface area contributed by atoms with Crippen LogP contribution in [0.3, 0.4) is 0 Å². The fourth-order valence-electron chi connectivity index (χ4n) is 4.73. The van der Waals surface area contributed by atoms with Gasteiger partial charge in [0.25, 0.3) is 0 Å². The lowest BCUT2D eigenvalue weighted by Crippen LogP contribution is -2.48. The Kier molecular flexibility index (Phi) is 6.18. The highest BCUT2D eigenvalue weighted by Crippen LogP contribution is 2.39. The van der Waals surface area contributed by atoms with E-state index in [-0.39, 0.29) is 23.7 Å². The van der Waals surface area contributed by atoms with E-state index < -0.39 is 17.6 Å². The van der Waals surface area contributed by atoms with Crippen molar-refractivity contribution in [1.29, 1.82) is 0 Å². The Morgan fingerprint density at radius 2 is 1.84 bits per heavy atom. The monoisotopic (exact) mass is 442 g/mol. The number of nitrogens with one attached hydrogen (secondary N) is 1. The summed E-state index contributed by atoms with van der Waals surface area (Å²) in [6, 6.07) is 5.68. The first-order valence-electron chi connectivity index (χ1n) is 10.6. The summed E-state index contributed by atoms with van der Waals surface area (Å²) in [6.45, 7) is 1.82. The van der Waals surface area contributed by atoms with Crippen molar-refractivity contribution < 1.29 is 18.8 Å². The molecule has 1 aromatic heterocycles. The number of hydrogen-bond donors (Lipinski definition) is 1. The Morgan fingerprint density at radius 3 is 2.48 bits per heavy atom. The average molecular weight is 443 g/mol. The normalized spacial score (nSPS) is 21.9. The molecule has 8 heteroatoms. The molecule has 2 heterocycles. The van der Waals surface area contributed by atoms with Crippen molar-refractivity contribution in [3.63, 3.8) is 0 Å². The molecular weight excluding hydrogens is 416 g/mol. The van der Waals surface area contributed by atoms with Gasteiger partial charge in [-0.3, -0.25) is 19.3 Å². The van der Waals surface area contributed by atoms with Gasteiger partial charge in [-0.05, 0) is 55.9 Å². The second-order valence-corrected chi connectivity index (χ2v) is 9.28. The lowest BCUT2D eigenvalue weighted by molar-refractivity contribution is -0.146. The predicted octanol–water partition coefficient (Wildman–Crippen LogP) is 3.34. The number of imide groups is 1. The van der Waals surface area contributed by atoms with Gasteiger partial charge < -0.3 is 9.73 Å². The highest BCUT2D eigenvalue weighted by atomic mass is 32.2. The number of anilines is 1. The van der Waals surface area contributed by atoms with E-state index >= 15 is 0 Å². The zero-order valence-corrected chi connectivity index (χ0v) is 18.5. The molecule has 7 nitrogen and oxygen atoms in total. The standard InChI is InChI=1S/C23H26N2O5S/c1-13-11-20(26)30-19-12-14(7-8-15(13)19)24-21(27)18(9-10-31-2)25-22(28)16-5-3-4-6-17(16)23(25)29/h7-8,11-12,16-18H,3-6,9-10H2,1-2H3,(H,24,27). The Hall–Kier alpha value is -2.61. The van der Waals surface area contributed by atoms with E-state index in [9.17, 15) is 19.2 Å². The summed E-state index contributed by atoms with van der Waals surface area (Å²) in [5.41, 5.74) is 1.17. The molecule has 3 atom stereocenters. The summed E-state index contributed by atoms with van der Waals surface area (Å²) < 4.78 is 5.26. The van der Waals surface area contributed by atoms with Gasteiger partial charge in [-0.25, -0.2) is 4.79 Å². The first-order valence-corrected chi connectivity index (χ1v) is 12.0. The zero-order chi connectivity index (χ0) is 22.1. The minimum Gasteiger partial charge on any atom is -0.423 e. The molecule has 0 bridgehead atoms. The Bertz CT molecular complexity index is 1070. The summed E-state index contributed by atoms with van der Waals surface area (Å²) in [6.07, 6.45) is 5.63. The fraction of sp³-hybridized carbons (Fsp3) is 0.478. The van der Waals surface area contributed by atoms with E-state index in [4.69, 9.17) is 4.42 Å². The fourth-order valence-corrected chi connectivity index (χ4v) is 5.19. The number of benzene rings is 1. The SMILES string of the molecule is CSCCC(C(=O)Nc1ccc2c(C)cc(=O)oc2c1)N1C(=O)C2CCCCC2C1=O. The van der Waals surface area contributed by atoms with E-state index in [1.807, 2.05) is 13.2 Å². The maximum absolute atomic E-state index is 13.2. The van der Waals surface area contributed by atoms with Crippen molar-refractivity contribution >= 4 is 46.1 Å². The smallest absolute Gasteiger partial charge is 0.336 e. The molecule has 1 aliphatic heterocycles. The van der Waals surface area contributed by atoms with Gasteiger partial charge in [-0.2, -0.15) is 11.8 Å². The van der Waals surface area contributed by atoms with Crippen LogP contribution >= 0.6 is 11.8 Å². The quantitative estimate of drug-likeness (QED) is 0.544. The van der Waals surface area contributed by atoms with Crippen LogP contribution in [0.4, 0.5) is 5.69 Å². The molecule has 1 saturated heterocycles. The lowest BCUT2D eigenvalue weighted by Gasteiger charge is -2.26. The number of rotatable bonds is 6. The predicted molar refractivity (Wildman–Crippen MR) is 120 cm³/mol. The summed E-state index contributed by atoms with van der Waals surface area (Å²) in [5.74, 6) is -0.751. The number of thioether (sulfide) groups is 1. The van der Waals surface area contributed by atoms with Crippen LogP contribution in [0.15, 0.2) is 33.5 Å².